The summed E-state index contributed by atoms with van der Waals surface area (Å²) in [6, 6.07) is 0. The maximum absolute atomic E-state index is 6.25. The number of hydrogen-bond donors (Lipinski definition) is 0. The number of rotatable bonds is 14. The van der Waals surface area contributed by atoms with E-state index in [1.807, 2.05) is 12.2 Å². The van der Waals surface area contributed by atoms with Crippen molar-refractivity contribution in [1.29, 1.82) is 0 Å². The molecule has 0 amide bonds. The Labute approximate surface area is 238 Å². The minimum Gasteiger partial charge on any atom is -0.515 e. The number of unbranched alkanes of at least 4 members (excludes halogenated alkanes) is 2. The molecule has 2 saturated carbocycles. The minimum absolute atomic E-state index is 0. The molecule has 0 saturated heterocycles. The predicted molar refractivity (Wildman–Crippen MR) is 152 cm³/mol. The Morgan fingerprint density at radius 3 is 1.15 bits per heavy atom. The molecule has 0 bridgehead atoms. The van der Waals surface area contributed by atoms with Gasteiger partial charge >= 0.3 is 17.1 Å². The standard InChI is InChI=1S/2C14H27OSi.Cu.Li/c2*1-6-8-10-14(11-9-12-14)13(7-2)15-16(3,4)5;;/h2*2,7,13H,6,8-12H2,1,3-5H3;;/q2*-1;+2;. The first kappa shape index (κ1) is 37.1. The van der Waals surface area contributed by atoms with Gasteiger partial charge in [0, 0.05) is 31.1 Å². The Morgan fingerprint density at radius 2 is 1.00 bits per heavy atom. The Bertz CT molecular complexity index is 514. The van der Waals surface area contributed by atoms with Crippen LogP contribution in [-0.2, 0) is 25.9 Å². The van der Waals surface area contributed by atoms with Crippen molar-refractivity contribution < 1.29 is 25.9 Å². The molecule has 0 spiro atoms. The molecule has 2 unspecified atom stereocenters. The average Bonchev–Trinajstić information content (AvgIpc) is 2.63. The van der Waals surface area contributed by atoms with Crippen LogP contribution in [0.15, 0.2) is 12.2 Å². The van der Waals surface area contributed by atoms with Crippen molar-refractivity contribution in [1.82, 2.24) is 0 Å². The van der Waals surface area contributed by atoms with Crippen LogP contribution in [0.4, 0.5) is 0 Å². The van der Waals surface area contributed by atoms with Gasteiger partial charge in [-0.3, -0.25) is 0 Å². The van der Waals surface area contributed by atoms with E-state index in [2.05, 4.69) is 53.1 Å². The van der Waals surface area contributed by atoms with Crippen LogP contribution < -0.4 is 0 Å². The van der Waals surface area contributed by atoms with Crippen molar-refractivity contribution in [3.8, 4) is 0 Å². The second-order valence-corrected chi connectivity index (χ2v) is 21.2. The summed E-state index contributed by atoms with van der Waals surface area (Å²) in [5.74, 6) is 0. The first-order valence-electron chi connectivity index (χ1n) is 13.3. The maximum atomic E-state index is 6.25. The van der Waals surface area contributed by atoms with Crippen molar-refractivity contribution >= 4 is 35.5 Å². The Morgan fingerprint density at radius 1 is 0.706 bits per heavy atom. The largest absolute Gasteiger partial charge is 2.00 e. The quantitative estimate of drug-likeness (QED) is 0.159. The monoisotopic (exact) mass is 548 g/mol. The van der Waals surface area contributed by atoms with Crippen molar-refractivity contribution in [2.45, 2.75) is 142 Å². The molecular weight excluding hydrogens is 495 g/mol. The number of hydrogen-bond acceptors (Lipinski definition) is 2. The summed E-state index contributed by atoms with van der Waals surface area (Å²) in [5, 5.41) is 0. The maximum Gasteiger partial charge on any atom is 2.00 e. The first-order chi connectivity index (χ1) is 14.9. The van der Waals surface area contributed by atoms with Crippen molar-refractivity contribution in [2.24, 2.45) is 10.8 Å². The third-order valence-corrected chi connectivity index (χ3v) is 9.19. The molecule has 0 aromatic heterocycles. The third-order valence-electron chi connectivity index (χ3n) is 7.27. The molecule has 0 aliphatic heterocycles. The van der Waals surface area contributed by atoms with E-state index in [-0.39, 0.29) is 48.1 Å². The molecule has 2 aliphatic carbocycles. The summed E-state index contributed by atoms with van der Waals surface area (Å²) in [6.07, 6.45) is 19.6. The van der Waals surface area contributed by atoms with Crippen LogP contribution in [-0.4, -0.2) is 47.7 Å². The van der Waals surface area contributed by atoms with Crippen LogP contribution in [0.5, 0.6) is 0 Å². The topological polar surface area (TPSA) is 18.5 Å². The van der Waals surface area contributed by atoms with Gasteiger partial charge in [-0.25, -0.2) is 12.2 Å². The molecule has 198 valence electrons. The van der Waals surface area contributed by atoms with E-state index in [1.165, 1.54) is 77.0 Å². The molecule has 0 heterocycles. The van der Waals surface area contributed by atoms with Crippen LogP contribution in [0.2, 0.25) is 39.3 Å². The molecule has 2 radical (unpaired) electrons. The Balaban J connectivity index is 0. The fourth-order valence-electron chi connectivity index (χ4n) is 5.17. The van der Waals surface area contributed by atoms with Crippen molar-refractivity contribution in [3.05, 3.63) is 25.3 Å². The van der Waals surface area contributed by atoms with E-state index in [1.54, 1.807) is 0 Å². The van der Waals surface area contributed by atoms with E-state index in [4.69, 9.17) is 22.0 Å². The van der Waals surface area contributed by atoms with Gasteiger partial charge in [0.25, 0.3) is 0 Å². The van der Waals surface area contributed by atoms with Crippen LogP contribution in [0.25, 0.3) is 0 Å². The second-order valence-electron chi connectivity index (χ2n) is 12.3. The second kappa shape index (κ2) is 16.7. The molecule has 0 aromatic carbocycles. The molecule has 2 atom stereocenters. The zero-order chi connectivity index (χ0) is 24.5. The van der Waals surface area contributed by atoms with E-state index < -0.39 is 16.6 Å². The molecule has 0 aromatic rings. The summed E-state index contributed by atoms with van der Waals surface area (Å²) in [4.78, 5) is 0. The molecule has 6 heteroatoms. The van der Waals surface area contributed by atoms with Gasteiger partial charge in [0.1, 0.15) is 0 Å². The van der Waals surface area contributed by atoms with Crippen molar-refractivity contribution in [3.63, 3.8) is 0 Å². The summed E-state index contributed by atoms with van der Waals surface area (Å²) < 4.78 is 12.5. The molecule has 2 rings (SSSR count). The Hall–Kier alpha value is 0.951. The van der Waals surface area contributed by atoms with Crippen LogP contribution in [0, 0.1) is 24.0 Å². The van der Waals surface area contributed by atoms with E-state index in [9.17, 15) is 0 Å². The third kappa shape index (κ3) is 12.0. The molecule has 2 aliphatic rings. The predicted octanol–water partition coefficient (Wildman–Crippen LogP) is 8.73. The Kier molecular flexibility index (Phi) is 18.2. The van der Waals surface area contributed by atoms with Gasteiger partial charge in [0.15, 0.2) is 16.6 Å². The normalized spacial score (nSPS) is 20.0. The van der Waals surface area contributed by atoms with E-state index in [0.717, 1.165) is 0 Å². The molecule has 34 heavy (non-hydrogen) atoms. The van der Waals surface area contributed by atoms with Crippen LogP contribution in [0.3, 0.4) is 0 Å². The molecule has 2 fully saturated rings. The van der Waals surface area contributed by atoms with Crippen molar-refractivity contribution in [2.75, 3.05) is 0 Å². The van der Waals surface area contributed by atoms with Crippen LogP contribution in [0.1, 0.15) is 90.9 Å². The van der Waals surface area contributed by atoms with Gasteiger partial charge in [0.05, 0.1) is 0 Å². The minimum atomic E-state index is -1.48. The summed E-state index contributed by atoms with van der Waals surface area (Å²) >= 11 is 0. The summed E-state index contributed by atoms with van der Waals surface area (Å²) in [5.41, 5.74) is 0.760. The van der Waals surface area contributed by atoms with Gasteiger partial charge in [-0.05, 0) is 88.6 Å². The zero-order valence-corrected chi connectivity index (χ0v) is 27.0. The van der Waals surface area contributed by atoms with E-state index in [0.29, 0.717) is 10.8 Å². The van der Waals surface area contributed by atoms with Gasteiger partial charge in [0.2, 0.25) is 0 Å². The van der Waals surface area contributed by atoms with Gasteiger partial charge in [-0.1, -0.05) is 52.4 Å². The first-order valence-corrected chi connectivity index (χ1v) is 20.1. The molecule has 2 nitrogen and oxygen atoms in total. The smallest absolute Gasteiger partial charge is 0.515 e. The fourth-order valence-corrected chi connectivity index (χ4v) is 7.35. The summed E-state index contributed by atoms with van der Waals surface area (Å²) in [6.45, 7) is 29.6. The van der Waals surface area contributed by atoms with E-state index >= 15 is 0 Å². The zero-order valence-electron chi connectivity index (χ0n) is 24.1. The molecule has 0 N–H and O–H groups in total. The fraction of sp³-hybridized carbons (Fsp3) is 0.857. The van der Waals surface area contributed by atoms with Crippen LogP contribution >= 0.6 is 0 Å². The molecular formula is C28H54CuLiO2Si2. The van der Waals surface area contributed by atoms with Gasteiger partial charge in [-0.15, -0.1) is 0 Å². The SMILES string of the molecule is [CH-]=CC(O[Si](C)(C)C)C1(CCCC)CCC1.[CH-]=CC(O[Si](C)(C)C)C1(CCCC)CCC1.[Cu+2].[Li]. The van der Waals surface area contributed by atoms with Gasteiger partial charge < -0.3 is 22.0 Å². The van der Waals surface area contributed by atoms with Gasteiger partial charge in [-0.2, -0.15) is 0 Å². The average molecular weight is 549 g/mol. The summed E-state index contributed by atoms with van der Waals surface area (Å²) in [7, 11) is -2.97.